The van der Waals surface area contributed by atoms with Crippen LogP contribution in [0.5, 0.6) is 0 Å². The maximum atomic E-state index is 13.6. The normalized spacial score (nSPS) is 10.4. The Kier molecular flexibility index (Phi) is 3.68. The van der Waals surface area contributed by atoms with Gasteiger partial charge in [0.05, 0.1) is 20.9 Å². The average molecular weight is 335 g/mol. The van der Waals surface area contributed by atoms with Crippen LogP contribution >= 0.6 is 27.5 Å². The number of nitrogens with zero attached hydrogens (tertiary/aromatic N) is 1. The van der Waals surface area contributed by atoms with E-state index in [1.54, 1.807) is 0 Å². The molecule has 2 aromatic rings. The molecule has 0 aliphatic carbocycles. The number of hydrogen-bond acceptors (Lipinski definition) is 3. The first-order valence-electron chi connectivity index (χ1n) is 4.80. The Hall–Kier alpha value is -1.40. The number of halogens is 4. The summed E-state index contributed by atoms with van der Waals surface area (Å²) in [4.78, 5) is 3.90. The minimum absolute atomic E-state index is 0.0441. The van der Waals surface area contributed by atoms with Gasteiger partial charge >= 0.3 is 0 Å². The third-order valence-corrected chi connectivity index (χ3v) is 2.96. The van der Waals surface area contributed by atoms with E-state index in [1.165, 1.54) is 12.3 Å². The second-order valence-electron chi connectivity index (χ2n) is 3.46. The van der Waals surface area contributed by atoms with Gasteiger partial charge in [0.25, 0.3) is 0 Å². The lowest BCUT2D eigenvalue weighted by atomic mass is 10.3. The highest BCUT2D eigenvalue weighted by Gasteiger charge is 2.10. The predicted octanol–water partition coefficient (Wildman–Crippen LogP) is 4.10. The van der Waals surface area contributed by atoms with Crippen molar-refractivity contribution in [3.8, 4) is 0 Å². The van der Waals surface area contributed by atoms with Crippen molar-refractivity contribution in [1.82, 2.24) is 4.98 Å². The molecule has 0 spiro atoms. The van der Waals surface area contributed by atoms with Gasteiger partial charge in [-0.2, -0.15) is 0 Å². The Morgan fingerprint density at radius 2 is 1.94 bits per heavy atom. The maximum Gasteiger partial charge on any atom is 0.153 e. The van der Waals surface area contributed by atoms with Crippen molar-refractivity contribution >= 4 is 44.7 Å². The van der Waals surface area contributed by atoms with Crippen LogP contribution in [0.25, 0.3) is 0 Å². The van der Waals surface area contributed by atoms with Crippen LogP contribution in [-0.4, -0.2) is 4.98 Å². The van der Waals surface area contributed by atoms with Crippen molar-refractivity contribution in [2.45, 2.75) is 0 Å². The first-order valence-corrected chi connectivity index (χ1v) is 5.97. The van der Waals surface area contributed by atoms with Gasteiger partial charge in [0, 0.05) is 12.3 Å². The van der Waals surface area contributed by atoms with Crippen LogP contribution in [0.3, 0.4) is 0 Å². The summed E-state index contributed by atoms with van der Waals surface area (Å²) in [7, 11) is 0. The van der Waals surface area contributed by atoms with Crippen LogP contribution < -0.4 is 11.1 Å². The second kappa shape index (κ2) is 5.07. The molecule has 3 N–H and O–H groups in total. The van der Waals surface area contributed by atoms with Gasteiger partial charge in [0.1, 0.15) is 11.6 Å². The lowest BCUT2D eigenvalue weighted by molar-refractivity contribution is 0.598. The van der Waals surface area contributed by atoms with Gasteiger partial charge < -0.3 is 11.1 Å². The third-order valence-electron chi connectivity index (χ3n) is 2.15. The summed E-state index contributed by atoms with van der Waals surface area (Å²) in [5.74, 6) is -1.01. The van der Waals surface area contributed by atoms with Crippen molar-refractivity contribution in [2.75, 3.05) is 11.1 Å². The Morgan fingerprint density at radius 3 is 2.61 bits per heavy atom. The fourth-order valence-corrected chi connectivity index (χ4v) is 1.79. The van der Waals surface area contributed by atoms with Gasteiger partial charge in [-0.1, -0.05) is 11.6 Å². The third kappa shape index (κ3) is 2.70. The zero-order valence-corrected chi connectivity index (χ0v) is 11.2. The minimum Gasteiger partial charge on any atom is -0.396 e. The van der Waals surface area contributed by atoms with E-state index in [2.05, 4.69) is 26.2 Å². The zero-order chi connectivity index (χ0) is 13.3. The number of nitrogen functional groups attached to an aromatic ring is 1. The molecule has 0 aliphatic rings. The fourth-order valence-electron chi connectivity index (χ4n) is 1.31. The standard InChI is InChI=1S/C11H7BrClF2N3/c12-6-2-8(15)10(3-7(6)14)18-11-9(16)1-5(13)4-17-11/h1-4H,16H2,(H,17,18). The Bertz CT molecular complexity index is 607. The minimum atomic E-state index is -0.626. The molecule has 0 unspecified atom stereocenters. The Balaban J connectivity index is 2.37. The van der Waals surface area contributed by atoms with E-state index in [1.807, 2.05) is 0 Å². The molecule has 1 aromatic carbocycles. The summed E-state index contributed by atoms with van der Waals surface area (Å²) in [5.41, 5.74) is 5.84. The largest absolute Gasteiger partial charge is 0.396 e. The van der Waals surface area contributed by atoms with Crippen molar-refractivity contribution in [3.05, 3.63) is 45.5 Å². The van der Waals surface area contributed by atoms with Crippen molar-refractivity contribution in [2.24, 2.45) is 0 Å². The SMILES string of the molecule is Nc1cc(Cl)cnc1Nc1cc(F)c(Br)cc1F. The lowest BCUT2D eigenvalue weighted by Crippen LogP contribution is -2.01. The van der Waals surface area contributed by atoms with E-state index in [-0.39, 0.29) is 21.7 Å². The van der Waals surface area contributed by atoms with Crippen molar-refractivity contribution < 1.29 is 8.78 Å². The molecule has 1 heterocycles. The summed E-state index contributed by atoms with van der Waals surface area (Å²) in [6, 6.07) is 3.49. The quantitative estimate of drug-likeness (QED) is 0.813. The van der Waals surface area contributed by atoms with E-state index in [0.29, 0.717) is 5.02 Å². The van der Waals surface area contributed by atoms with Crippen LogP contribution in [0, 0.1) is 11.6 Å². The highest BCUT2D eigenvalue weighted by molar-refractivity contribution is 9.10. The van der Waals surface area contributed by atoms with E-state index in [4.69, 9.17) is 17.3 Å². The lowest BCUT2D eigenvalue weighted by Gasteiger charge is -2.10. The molecular weight excluding hydrogens is 327 g/mol. The molecular formula is C11H7BrClF2N3. The number of benzene rings is 1. The topological polar surface area (TPSA) is 50.9 Å². The molecule has 18 heavy (non-hydrogen) atoms. The van der Waals surface area contributed by atoms with Gasteiger partial charge in [-0.3, -0.25) is 0 Å². The van der Waals surface area contributed by atoms with Crippen molar-refractivity contribution in [1.29, 1.82) is 0 Å². The van der Waals surface area contributed by atoms with E-state index in [0.717, 1.165) is 12.1 Å². The Morgan fingerprint density at radius 1 is 1.22 bits per heavy atom. The molecule has 0 saturated heterocycles. The number of hydrogen-bond donors (Lipinski definition) is 2. The zero-order valence-electron chi connectivity index (χ0n) is 8.85. The number of pyridine rings is 1. The molecule has 0 radical (unpaired) electrons. The molecule has 0 atom stereocenters. The van der Waals surface area contributed by atoms with Gasteiger partial charge in [-0.05, 0) is 28.1 Å². The summed E-state index contributed by atoms with van der Waals surface area (Å²) >= 11 is 8.58. The summed E-state index contributed by atoms with van der Waals surface area (Å²) < 4.78 is 26.9. The Labute approximate surface area is 115 Å². The van der Waals surface area contributed by atoms with Crippen molar-refractivity contribution in [3.63, 3.8) is 0 Å². The predicted molar refractivity (Wildman–Crippen MR) is 71.0 cm³/mol. The summed E-state index contributed by atoms with van der Waals surface area (Å²) in [5, 5.41) is 2.97. The maximum absolute atomic E-state index is 13.6. The molecule has 1 aromatic heterocycles. The molecule has 0 amide bonds. The highest BCUT2D eigenvalue weighted by Crippen LogP contribution is 2.28. The van der Waals surface area contributed by atoms with E-state index >= 15 is 0 Å². The van der Waals surface area contributed by atoms with Crippen LogP contribution in [0.15, 0.2) is 28.9 Å². The number of nitrogens with two attached hydrogens (primary N) is 1. The van der Waals surface area contributed by atoms with E-state index < -0.39 is 11.6 Å². The molecule has 94 valence electrons. The number of nitrogens with one attached hydrogen (secondary N) is 1. The van der Waals surface area contributed by atoms with Crippen LogP contribution in [0.1, 0.15) is 0 Å². The number of anilines is 3. The van der Waals surface area contributed by atoms with Gasteiger partial charge in [0.2, 0.25) is 0 Å². The van der Waals surface area contributed by atoms with Gasteiger partial charge in [0.15, 0.2) is 5.82 Å². The smallest absolute Gasteiger partial charge is 0.153 e. The highest BCUT2D eigenvalue weighted by atomic mass is 79.9. The molecule has 7 heteroatoms. The number of aromatic nitrogens is 1. The van der Waals surface area contributed by atoms with Gasteiger partial charge in [-0.25, -0.2) is 13.8 Å². The first kappa shape index (κ1) is 13.0. The van der Waals surface area contributed by atoms with Crippen LogP contribution in [0.2, 0.25) is 5.02 Å². The molecule has 0 bridgehead atoms. The second-order valence-corrected chi connectivity index (χ2v) is 4.75. The monoisotopic (exact) mass is 333 g/mol. The molecule has 3 nitrogen and oxygen atoms in total. The van der Waals surface area contributed by atoms with Crippen LogP contribution in [0.4, 0.5) is 26.0 Å². The molecule has 0 aliphatic heterocycles. The fraction of sp³-hybridized carbons (Fsp3) is 0. The summed E-state index contributed by atoms with van der Waals surface area (Å²) in [6.45, 7) is 0. The van der Waals surface area contributed by atoms with Gasteiger partial charge in [-0.15, -0.1) is 0 Å². The molecule has 0 saturated carbocycles. The molecule has 2 rings (SSSR count). The van der Waals surface area contributed by atoms with Crippen LogP contribution in [-0.2, 0) is 0 Å². The van der Waals surface area contributed by atoms with E-state index in [9.17, 15) is 8.78 Å². The number of rotatable bonds is 2. The molecule has 0 fully saturated rings. The summed E-state index contributed by atoms with van der Waals surface area (Å²) in [6.07, 6.45) is 1.35. The average Bonchev–Trinajstić information content (AvgIpc) is 2.29. The first-order chi connectivity index (χ1) is 8.47.